The fraction of sp³-hybridized carbons (Fsp3) is 0. The van der Waals surface area contributed by atoms with E-state index in [1.165, 1.54) is 0 Å². The first-order valence-electron chi connectivity index (χ1n) is 3.97. The molecule has 3 heteroatoms. The second-order valence-electron chi connectivity index (χ2n) is 2.75. The Morgan fingerprint density at radius 1 is 1.08 bits per heavy atom. The summed E-state index contributed by atoms with van der Waals surface area (Å²) in [4.78, 5) is 0. The summed E-state index contributed by atoms with van der Waals surface area (Å²) in [6.45, 7) is 0. The quantitative estimate of drug-likeness (QED) is 0.740. The lowest BCUT2D eigenvalue weighted by Crippen LogP contribution is -1.98. The van der Waals surface area contributed by atoms with Crippen LogP contribution in [0.4, 0.5) is 5.82 Å². The molecule has 2 nitrogen and oxygen atoms in total. The molecule has 1 aromatic carbocycles. The maximum Gasteiger partial charge on any atom is 0.107 e. The van der Waals surface area contributed by atoms with E-state index < -0.39 is 0 Å². The minimum Gasteiger partial charge on any atom is -0.385 e. The standard InChI is InChI=1S/C10H9ClN2/c11-8-4-1-2-5-9(8)13-7-3-6-10(13)12/h1-7H,12H2. The van der Waals surface area contributed by atoms with Crippen molar-refractivity contribution in [3.63, 3.8) is 0 Å². The summed E-state index contributed by atoms with van der Waals surface area (Å²) in [5.41, 5.74) is 6.65. The molecule has 2 rings (SSSR count). The van der Waals surface area contributed by atoms with Crippen LogP contribution in [0, 0.1) is 0 Å². The highest BCUT2D eigenvalue weighted by Gasteiger charge is 2.02. The molecule has 0 radical (unpaired) electrons. The molecule has 0 atom stereocenters. The summed E-state index contributed by atoms with van der Waals surface area (Å²) in [5.74, 6) is 0.688. The summed E-state index contributed by atoms with van der Waals surface area (Å²) < 4.78 is 1.85. The van der Waals surface area contributed by atoms with Crippen LogP contribution in [0.3, 0.4) is 0 Å². The molecule has 2 N–H and O–H groups in total. The van der Waals surface area contributed by atoms with E-state index in [9.17, 15) is 0 Å². The molecular weight excluding hydrogens is 184 g/mol. The predicted molar refractivity (Wildman–Crippen MR) is 55.2 cm³/mol. The summed E-state index contributed by atoms with van der Waals surface area (Å²) >= 11 is 6.01. The average Bonchev–Trinajstić information content (AvgIpc) is 2.52. The van der Waals surface area contributed by atoms with Crippen LogP contribution < -0.4 is 5.73 Å². The van der Waals surface area contributed by atoms with Gasteiger partial charge in [-0.05, 0) is 24.3 Å². The Balaban J connectivity index is 2.59. The average molecular weight is 193 g/mol. The molecule has 1 heterocycles. The second-order valence-corrected chi connectivity index (χ2v) is 3.16. The number of aromatic nitrogens is 1. The van der Waals surface area contributed by atoms with E-state index >= 15 is 0 Å². The maximum atomic E-state index is 6.01. The molecule has 0 saturated heterocycles. The molecule has 0 saturated carbocycles. The number of hydrogen-bond donors (Lipinski definition) is 1. The number of rotatable bonds is 1. The number of anilines is 1. The van der Waals surface area contributed by atoms with Gasteiger partial charge in [0, 0.05) is 6.20 Å². The van der Waals surface area contributed by atoms with E-state index in [0.717, 1.165) is 5.69 Å². The first kappa shape index (κ1) is 8.20. The van der Waals surface area contributed by atoms with Crippen LogP contribution in [0.25, 0.3) is 5.69 Å². The number of nitrogen functional groups attached to an aromatic ring is 1. The molecule has 0 bridgehead atoms. The summed E-state index contributed by atoms with van der Waals surface area (Å²) in [6.07, 6.45) is 1.89. The van der Waals surface area contributed by atoms with Crippen molar-refractivity contribution in [2.24, 2.45) is 0 Å². The van der Waals surface area contributed by atoms with Crippen LogP contribution in [0.1, 0.15) is 0 Å². The van der Waals surface area contributed by atoms with Gasteiger partial charge in [-0.15, -0.1) is 0 Å². The van der Waals surface area contributed by atoms with Crippen molar-refractivity contribution in [2.75, 3.05) is 5.73 Å². The van der Waals surface area contributed by atoms with Crippen LogP contribution in [-0.2, 0) is 0 Å². The summed E-state index contributed by atoms with van der Waals surface area (Å²) in [5, 5.41) is 0.699. The summed E-state index contributed by atoms with van der Waals surface area (Å²) in [7, 11) is 0. The van der Waals surface area contributed by atoms with Crippen LogP contribution in [0.5, 0.6) is 0 Å². The van der Waals surface area contributed by atoms with E-state index in [0.29, 0.717) is 10.8 Å². The molecule has 0 aliphatic rings. The van der Waals surface area contributed by atoms with E-state index in [2.05, 4.69) is 0 Å². The molecule has 0 amide bonds. The lowest BCUT2D eigenvalue weighted by atomic mass is 10.3. The minimum absolute atomic E-state index is 0.688. The first-order valence-corrected chi connectivity index (χ1v) is 4.34. The molecule has 0 unspecified atom stereocenters. The second kappa shape index (κ2) is 3.15. The minimum atomic E-state index is 0.688. The molecule has 0 spiro atoms. The van der Waals surface area contributed by atoms with Gasteiger partial charge in [-0.25, -0.2) is 0 Å². The zero-order valence-corrected chi connectivity index (χ0v) is 7.70. The third-order valence-electron chi connectivity index (χ3n) is 1.89. The van der Waals surface area contributed by atoms with E-state index in [-0.39, 0.29) is 0 Å². The predicted octanol–water partition coefficient (Wildman–Crippen LogP) is 2.71. The number of nitrogens with two attached hydrogens (primary N) is 1. The number of hydrogen-bond acceptors (Lipinski definition) is 1. The molecule has 0 aliphatic carbocycles. The molecule has 2 aromatic rings. The third kappa shape index (κ3) is 1.40. The Labute approximate surface area is 81.6 Å². The first-order chi connectivity index (χ1) is 6.29. The zero-order valence-electron chi connectivity index (χ0n) is 6.94. The van der Waals surface area contributed by atoms with Gasteiger partial charge in [-0.1, -0.05) is 23.7 Å². The molecule has 13 heavy (non-hydrogen) atoms. The fourth-order valence-corrected chi connectivity index (χ4v) is 1.49. The van der Waals surface area contributed by atoms with Gasteiger partial charge in [-0.3, -0.25) is 0 Å². The van der Waals surface area contributed by atoms with Crippen molar-refractivity contribution in [3.8, 4) is 5.69 Å². The van der Waals surface area contributed by atoms with Gasteiger partial charge in [0.05, 0.1) is 10.7 Å². The van der Waals surface area contributed by atoms with Crippen molar-refractivity contribution in [3.05, 3.63) is 47.6 Å². The van der Waals surface area contributed by atoms with Crippen molar-refractivity contribution >= 4 is 17.4 Å². The largest absolute Gasteiger partial charge is 0.385 e. The molecular formula is C10H9ClN2. The molecule has 66 valence electrons. The monoisotopic (exact) mass is 192 g/mol. The van der Waals surface area contributed by atoms with Crippen molar-refractivity contribution in [1.29, 1.82) is 0 Å². The fourth-order valence-electron chi connectivity index (χ4n) is 1.26. The summed E-state index contributed by atoms with van der Waals surface area (Å²) in [6, 6.07) is 11.3. The SMILES string of the molecule is Nc1cccn1-c1ccccc1Cl. The molecule has 0 fully saturated rings. The van der Waals surface area contributed by atoms with Crippen LogP contribution >= 0.6 is 11.6 Å². The zero-order chi connectivity index (χ0) is 9.26. The number of para-hydroxylation sites is 1. The van der Waals surface area contributed by atoms with Gasteiger partial charge in [-0.2, -0.15) is 0 Å². The Morgan fingerprint density at radius 3 is 2.46 bits per heavy atom. The van der Waals surface area contributed by atoms with Gasteiger partial charge >= 0.3 is 0 Å². The van der Waals surface area contributed by atoms with E-state index in [1.807, 2.05) is 47.2 Å². The Bertz CT molecular complexity index is 420. The van der Waals surface area contributed by atoms with Gasteiger partial charge < -0.3 is 10.3 Å². The highest BCUT2D eigenvalue weighted by atomic mass is 35.5. The molecule has 0 aliphatic heterocycles. The van der Waals surface area contributed by atoms with Gasteiger partial charge in [0.2, 0.25) is 0 Å². The Morgan fingerprint density at radius 2 is 1.85 bits per heavy atom. The highest BCUT2D eigenvalue weighted by Crippen LogP contribution is 2.22. The highest BCUT2D eigenvalue weighted by molar-refractivity contribution is 6.32. The van der Waals surface area contributed by atoms with Gasteiger partial charge in [0.25, 0.3) is 0 Å². The number of nitrogens with zero attached hydrogens (tertiary/aromatic N) is 1. The van der Waals surface area contributed by atoms with Crippen molar-refractivity contribution in [2.45, 2.75) is 0 Å². The Hall–Kier alpha value is -1.41. The van der Waals surface area contributed by atoms with Crippen LogP contribution in [-0.4, -0.2) is 4.57 Å². The smallest absolute Gasteiger partial charge is 0.107 e. The van der Waals surface area contributed by atoms with Crippen LogP contribution in [0.15, 0.2) is 42.6 Å². The maximum absolute atomic E-state index is 6.01. The van der Waals surface area contributed by atoms with Crippen LogP contribution in [0.2, 0.25) is 5.02 Å². The van der Waals surface area contributed by atoms with Gasteiger partial charge in [0.15, 0.2) is 0 Å². The lowest BCUT2D eigenvalue weighted by molar-refractivity contribution is 1.09. The normalized spacial score (nSPS) is 10.2. The topological polar surface area (TPSA) is 30.9 Å². The lowest BCUT2D eigenvalue weighted by Gasteiger charge is -2.06. The van der Waals surface area contributed by atoms with E-state index in [4.69, 9.17) is 17.3 Å². The van der Waals surface area contributed by atoms with Gasteiger partial charge in [0.1, 0.15) is 5.82 Å². The number of benzene rings is 1. The third-order valence-corrected chi connectivity index (χ3v) is 2.21. The van der Waals surface area contributed by atoms with E-state index in [1.54, 1.807) is 0 Å². The van der Waals surface area contributed by atoms with Crippen molar-refractivity contribution < 1.29 is 0 Å². The van der Waals surface area contributed by atoms with Crippen molar-refractivity contribution in [1.82, 2.24) is 4.57 Å². The Kier molecular flexibility index (Phi) is 1.99. The molecule has 1 aromatic heterocycles. The number of halogens is 1.